The number of aryl methyl sites for hydroxylation is 2. The number of carbonyl (C=O) groups excluding carboxylic acids is 1. The molecular formula is C31H37NO6. The minimum Gasteiger partial charge on any atom is -0.492 e. The molecule has 7 nitrogen and oxygen atoms in total. The van der Waals surface area contributed by atoms with Gasteiger partial charge in [-0.05, 0) is 68.0 Å². The lowest BCUT2D eigenvalue weighted by Crippen LogP contribution is -2.37. The maximum absolute atomic E-state index is 13.0. The van der Waals surface area contributed by atoms with Crippen LogP contribution in [0.25, 0.3) is 0 Å². The Labute approximate surface area is 225 Å². The first-order valence-corrected chi connectivity index (χ1v) is 13.1. The van der Waals surface area contributed by atoms with Crippen molar-refractivity contribution in [2.24, 2.45) is 0 Å². The molecule has 1 amide bonds. The fourth-order valence-corrected chi connectivity index (χ4v) is 4.03. The summed E-state index contributed by atoms with van der Waals surface area (Å²) in [5.74, 6) is 0.219. The zero-order valence-corrected chi connectivity index (χ0v) is 22.2. The van der Waals surface area contributed by atoms with Crippen molar-refractivity contribution >= 4 is 12.1 Å². The zero-order chi connectivity index (χ0) is 27.2. The van der Waals surface area contributed by atoms with E-state index in [1.165, 1.54) is 5.56 Å². The minimum absolute atomic E-state index is 0.283. The number of carboxylic acid groups (broad SMARTS) is 1. The van der Waals surface area contributed by atoms with Gasteiger partial charge in [0.1, 0.15) is 18.1 Å². The van der Waals surface area contributed by atoms with Gasteiger partial charge in [-0.15, -0.1) is 0 Å². The van der Waals surface area contributed by atoms with Crippen LogP contribution in [0.15, 0.2) is 78.9 Å². The molecule has 38 heavy (non-hydrogen) atoms. The van der Waals surface area contributed by atoms with Crippen molar-refractivity contribution in [1.29, 1.82) is 0 Å². The summed E-state index contributed by atoms with van der Waals surface area (Å²) in [4.78, 5) is 26.0. The second-order valence-corrected chi connectivity index (χ2v) is 9.04. The van der Waals surface area contributed by atoms with Crippen molar-refractivity contribution in [3.05, 3.63) is 95.6 Å². The van der Waals surface area contributed by atoms with Crippen molar-refractivity contribution in [3.63, 3.8) is 0 Å². The average molecular weight is 520 g/mol. The molecular weight excluding hydrogens is 482 g/mol. The van der Waals surface area contributed by atoms with E-state index in [2.05, 4.69) is 12.1 Å². The number of nitrogens with zero attached hydrogens (tertiary/aromatic N) is 1. The van der Waals surface area contributed by atoms with Crippen LogP contribution in [-0.2, 0) is 22.4 Å². The number of ether oxygens (including phenoxy) is 3. The summed E-state index contributed by atoms with van der Waals surface area (Å²) in [5, 5.41) is 9.28. The van der Waals surface area contributed by atoms with E-state index < -0.39 is 18.2 Å². The van der Waals surface area contributed by atoms with Gasteiger partial charge in [-0.25, -0.2) is 9.59 Å². The van der Waals surface area contributed by atoms with Gasteiger partial charge in [0, 0.05) is 19.6 Å². The molecule has 0 heterocycles. The standard InChI is InChI=1S/C31H37NO6/c1-3-36-29(30(33)34)23-26-16-18-27(19-17-26)37-22-21-32(20-10-9-14-25-12-5-4-6-13-25)31(35)38-28-15-8-7-11-24(28)2/h4-8,11-13,15-19,29H,3,9-10,14,20-23H2,1-2H3,(H,33,34). The molecule has 0 spiro atoms. The van der Waals surface area contributed by atoms with Gasteiger partial charge < -0.3 is 24.2 Å². The number of benzene rings is 3. The summed E-state index contributed by atoms with van der Waals surface area (Å²) in [6.45, 7) is 5.27. The van der Waals surface area contributed by atoms with Crippen LogP contribution in [-0.4, -0.2) is 54.5 Å². The van der Waals surface area contributed by atoms with Gasteiger partial charge >= 0.3 is 12.1 Å². The van der Waals surface area contributed by atoms with Crippen LogP contribution in [0.3, 0.4) is 0 Å². The lowest BCUT2D eigenvalue weighted by Gasteiger charge is -2.22. The normalized spacial score (nSPS) is 11.5. The summed E-state index contributed by atoms with van der Waals surface area (Å²) in [5.41, 5.74) is 3.03. The van der Waals surface area contributed by atoms with Gasteiger partial charge in [-0.2, -0.15) is 0 Å². The van der Waals surface area contributed by atoms with Gasteiger partial charge in [0.25, 0.3) is 0 Å². The van der Waals surface area contributed by atoms with Crippen LogP contribution in [0.5, 0.6) is 11.5 Å². The van der Waals surface area contributed by atoms with Crippen molar-refractivity contribution in [1.82, 2.24) is 4.90 Å². The molecule has 0 saturated carbocycles. The summed E-state index contributed by atoms with van der Waals surface area (Å²) in [6.07, 6.45) is 1.77. The van der Waals surface area contributed by atoms with Crippen LogP contribution < -0.4 is 9.47 Å². The Kier molecular flexibility index (Phi) is 11.7. The smallest absolute Gasteiger partial charge is 0.415 e. The van der Waals surface area contributed by atoms with Gasteiger partial charge in [0.05, 0.1) is 6.54 Å². The molecule has 3 aromatic carbocycles. The maximum atomic E-state index is 13.0. The third-order valence-corrected chi connectivity index (χ3v) is 6.15. The number of amides is 1. The predicted octanol–water partition coefficient (Wildman–Crippen LogP) is 5.93. The quantitative estimate of drug-likeness (QED) is 0.251. The summed E-state index contributed by atoms with van der Waals surface area (Å²) in [7, 11) is 0. The highest BCUT2D eigenvalue weighted by Crippen LogP contribution is 2.18. The lowest BCUT2D eigenvalue weighted by atomic mass is 10.1. The number of carbonyl (C=O) groups is 2. The first-order chi connectivity index (χ1) is 18.5. The van der Waals surface area contributed by atoms with E-state index in [1.807, 2.05) is 55.5 Å². The second-order valence-electron chi connectivity index (χ2n) is 9.04. The number of carboxylic acids is 1. The second kappa shape index (κ2) is 15.4. The zero-order valence-electron chi connectivity index (χ0n) is 22.2. The van der Waals surface area contributed by atoms with Gasteiger partial charge in [-0.3, -0.25) is 0 Å². The van der Waals surface area contributed by atoms with E-state index in [0.717, 1.165) is 30.4 Å². The Bertz CT molecular complexity index is 1130. The van der Waals surface area contributed by atoms with E-state index in [1.54, 1.807) is 30.0 Å². The number of aliphatic carboxylic acids is 1. The molecule has 3 rings (SSSR count). The Balaban J connectivity index is 1.54. The van der Waals surface area contributed by atoms with Crippen LogP contribution >= 0.6 is 0 Å². The highest BCUT2D eigenvalue weighted by Gasteiger charge is 2.19. The van der Waals surface area contributed by atoms with Gasteiger partial charge in [0.15, 0.2) is 6.10 Å². The Morgan fingerprint density at radius 3 is 2.26 bits per heavy atom. The predicted molar refractivity (Wildman–Crippen MR) is 147 cm³/mol. The van der Waals surface area contributed by atoms with E-state index in [-0.39, 0.29) is 6.42 Å². The highest BCUT2D eigenvalue weighted by atomic mass is 16.6. The van der Waals surface area contributed by atoms with Crippen LogP contribution in [0.1, 0.15) is 36.5 Å². The van der Waals surface area contributed by atoms with Crippen LogP contribution in [0.2, 0.25) is 0 Å². The van der Waals surface area contributed by atoms with E-state index in [4.69, 9.17) is 14.2 Å². The first-order valence-electron chi connectivity index (χ1n) is 13.1. The first kappa shape index (κ1) is 28.7. The molecule has 0 bridgehead atoms. The Hall–Kier alpha value is -3.84. The monoisotopic (exact) mass is 519 g/mol. The third-order valence-electron chi connectivity index (χ3n) is 6.15. The summed E-state index contributed by atoms with van der Waals surface area (Å²) < 4.78 is 16.9. The lowest BCUT2D eigenvalue weighted by molar-refractivity contribution is -0.149. The summed E-state index contributed by atoms with van der Waals surface area (Å²) >= 11 is 0. The molecule has 0 aliphatic heterocycles. The molecule has 0 radical (unpaired) electrons. The van der Waals surface area contributed by atoms with E-state index >= 15 is 0 Å². The molecule has 1 unspecified atom stereocenters. The van der Waals surface area contributed by atoms with Gasteiger partial charge in [0.2, 0.25) is 0 Å². The molecule has 1 N–H and O–H groups in total. The van der Waals surface area contributed by atoms with Crippen molar-refractivity contribution < 1.29 is 28.9 Å². The Morgan fingerprint density at radius 1 is 0.868 bits per heavy atom. The SMILES string of the molecule is CCOC(Cc1ccc(OCCN(CCCCc2ccccc2)C(=O)Oc2ccccc2C)cc1)C(=O)O. The molecule has 0 saturated heterocycles. The molecule has 0 aliphatic carbocycles. The number of para-hydroxylation sites is 1. The van der Waals surface area contributed by atoms with Crippen molar-refractivity contribution in [3.8, 4) is 11.5 Å². The largest absolute Gasteiger partial charge is 0.492 e. The molecule has 1 atom stereocenters. The summed E-state index contributed by atoms with van der Waals surface area (Å²) in [6, 6.07) is 25.0. The molecule has 7 heteroatoms. The number of hydrogen-bond acceptors (Lipinski definition) is 5. The molecule has 0 aromatic heterocycles. The average Bonchev–Trinajstić information content (AvgIpc) is 2.92. The van der Waals surface area contributed by atoms with Crippen LogP contribution in [0.4, 0.5) is 4.79 Å². The molecule has 0 aliphatic rings. The fourth-order valence-electron chi connectivity index (χ4n) is 4.03. The topological polar surface area (TPSA) is 85.3 Å². The number of hydrogen-bond donors (Lipinski definition) is 1. The van der Waals surface area contributed by atoms with Gasteiger partial charge in [-0.1, -0.05) is 60.7 Å². The van der Waals surface area contributed by atoms with Crippen molar-refractivity contribution in [2.75, 3.05) is 26.3 Å². The molecule has 3 aromatic rings. The third kappa shape index (κ3) is 9.56. The number of unbranched alkanes of at least 4 members (excludes halogenated alkanes) is 1. The van der Waals surface area contributed by atoms with E-state index in [0.29, 0.717) is 37.8 Å². The van der Waals surface area contributed by atoms with Crippen molar-refractivity contribution in [2.45, 2.75) is 45.6 Å². The maximum Gasteiger partial charge on any atom is 0.415 e. The molecule has 0 fully saturated rings. The van der Waals surface area contributed by atoms with E-state index in [9.17, 15) is 14.7 Å². The highest BCUT2D eigenvalue weighted by molar-refractivity contribution is 5.72. The minimum atomic E-state index is -0.978. The van der Waals surface area contributed by atoms with Crippen LogP contribution in [0, 0.1) is 6.92 Å². The fraction of sp³-hybridized carbons (Fsp3) is 0.355. The number of rotatable bonds is 15. The Morgan fingerprint density at radius 2 is 1.58 bits per heavy atom. The molecule has 202 valence electrons.